The zero-order chi connectivity index (χ0) is 16.3. The molecule has 0 radical (unpaired) electrons. The number of piperidine rings is 1. The first-order valence-electron chi connectivity index (χ1n) is 8.18. The monoisotopic (exact) mass is 340 g/mol. The zero-order valence-corrected chi connectivity index (χ0v) is 14.3. The van der Waals surface area contributed by atoms with E-state index in [1.807, 2.05) is 6.92 Å². The maximum absolute atomic E-state index is 12.2. The fraction of sp³-hybridized carbons (Fsp3) is 0.733. The van der Waals surface area contributed by atoms with Gasteiger partial charge in [-0.1, -0.05) is 6.92 Å². The van der Waals surface area contributed by atoms with E-state index in [0.717, 1.165) is 19.3 Å². The van der Waals surface area contributed by atoms with Gasteiger partial charge >= 0.3 is 0 Å². The van der Waals surface area contributed by atoms with E-state index in [4.69, 9.17) is 4.74 Å². The largest absolute Gasteiger partial charge is 0.373 e. The second-order valence-electron chi connectivity index (χ2n) is 6.33. The molecule has 1 N–H and O–H groups in total. The summed E-state index contributed by atoms with van der Waals surface area (Å²) in [6.07, 6.45) is 6.44. The first-order chi connectivity index (χ1) is 11.0. The van der Waals surface area contributed by atoms with Gasteiger partial charge < -0.3 is 10.1 Å². The maximum Gasteiger partial charge on any atom is 0.222 e. The molecule has 0 unspecified atom stereocenters. The molecule has 0 amide bonds. The quantitative estimate of drug-likeness (QED) is 0.868. The number of nitrogens with zero attached hydrogens (tertiary/aromatic N) is 3. The molecule has 2 aliphatic heterocycles. The Hall–Kier alpha value is -1.25. The number of hydrogen-bond acceptors (Lipinski definition) is 6. The van der Waals surface area contributed by atoms with Crippen LogP contribution in [0.25, 0.3) is 0 Å². The third-order valence-electron chi connectivity index (χ3n) is 4.60. The Morgan fingerprint density at radius 2 is 2.04 bits per heavy atom. The van der Waals surface area contributed by atoms with Crippen molar-refractivity contribution in [3.63, 3.8) is 0 Å². The number of ether oxygens (including phenoxy) is 1. The van der Waals surface area contributed by atoms with E-state index < -0.39 is 10.0 Å². The minimum Gasteiger partial charge on any atom is -0.373 e. The van der Waals surface area contributed by atoms with Gasteiger partial charge in [0, 0.05) is 25.5 Å². The Morgan fingerprint density at radius 3 is 2.70 bits per heavy atom. The molecule has 3 heterocycles. The lowest BCUT2D eigenvalue weighted by Crippen LogP contribution is -2.47. The molecule has 7 nitrogen and oxygen atoms in total. The molecule has 2 fully saturated rings. The zero-order valence-electron chi connectivity index (χ0n) is 13.4. The molecule has 2 aliphatic rings. The van der Waals surface area contributed by atoms with E-state index in [9.17, 15) is 8.42 Å². The van der Waals surface area contributed by atoms with E-state index in [0.29, 0.717) is 32.1 Å². The molecule has 1 aromatic heterocycles. The minimum atomic E-state index is -3.10. The Morgan fingerprint density at radius 1 is 1.35 bits per heavy atom. The molecule has 1 atom stereocenters. The van der Waals surface area contributed by atoms with E-state index >= 15 is 0 Å². The topological polar surface area (TPSA) is 84.4 Å². The summed E-state index contributed by atoms with van der Waals surface area (Å²) in [6.45, 7) is 3.61. The van der Waals surface area contributed by atoms with E-state index in [2.05, 4.69) is 15.3 Å². The summed E-state index contributed by atoms with van der Waals surface area (Å²) in [5, 5.41) is 3.30. The number of aromatic nitrogens is 2. The Balaban J connectivity index is 1.55. The van der Waals surface area contributed by atoms with Crippen molar-refractivity contribution in [2.75, 3.05) is 30.8 Å². The third-order valence-corrected chi connectivity index (χ3v) is 6.67. The van der Waals surface area contributed by atoms with Crippen LogP contribution in [0.2, 0.25) is 0 Å². The highest BCUT2D eigenvalue weighted by Gasteiger charge is 2.44. The van der Waals surface area contributed by atoms with Crippen molar-refractivity contribution in [1.29, 1.82) is 0 Å². The Labute approximate surface area is 137 Å². The SMILES string of the molecule is CCCS(=O)(=O)N1CCC2(CC1)C[C@@H](Nc1ncccn1)CO2. The van der Waals surface area contributed by atoms with Crippen molar-refractivity contribution >= 4 is 16.0 Å². The number of sulfonamides is 1. The summed E-state index contributed by atoms with van der Waals surface area (Å²) in [6, 6.07) is 1.96. The lowest BCUT2D eigenvalue weighted by Gasteiger charge is -2.38. The molecule has 3 rings (SSSR count). The Kier molecular flexibility index (Phi) is 4.84. The molecule has 0 aromatic carbocycles. The number of anilines is 1. The summed E-state index contributed by atoms with van der Waals surface area (Å²) in [4.78, 5) is 8.35. The highest BCUT2D eigenvalue weighted by Crippen LogP contribution is 2.37. The minimum absolute atomic E-state index is 0.177. The summed E-state index contributed by atoms with van der Waals surface area (Å²) in [5.41, 5.74) is -0.204. The van der Waals surface area contributed by atoms with Crippen LogP contribution in [-0.4, -0.2) is 59.8 Å². The first-order valence-corrected chi connectivity index (χ1v) is 9.79. The van der Waals surface area contributed by atoms with Gasteiger partial charge in [0.2, 0.25) is 16.0 Å². The van der Waals surface area contributed by atoms with E-state index in [-0.39, 0.29) is 17.4 Å². The van der Waals surface area contributed by atoms with Crippen molar-refractivity contribution in [3.8, 4) is 0 Å². The molecule has 128 valence electrons. The molecule has 1 spiro atoms. The first kappa shape index (κ1) is 16.6. The van der Waals surface area contributed by atoms with Crippen LogP contribution in [0.3, 0.4) is 0 Å². The molecule has 23 heavy (non-hydrogen) atoms. The van der Waals surface area contributed by atoms with Crippen molar-refractivity contribution in [2.24, 2.45) is 0 Å². The van der Waals surface area contributed by atoms with E-state index in [1.54, 1.807) is 22.8 Å². The van der Waals surface area contributed by atoms with Crippen LogP contribution in [0.4, 0.5) is 5.95 Å². The van der Waals surface area contributed by atoms with Crippen molar-refractivity contribution in [2.45, 2.75) is 44.2 Å². The van der Waals surface area contributed by atoms with Crippen LogP contribution in [0.15, 0.2) is 18.5 Å². The number of hydrogen-bond donors (Lipinski definition) is 1. The van der Waals surface area contributed by atoms with Crippen LogP contribution in [0.1, 0.15) is 32.6 Å². The van der Waals surface area contributed by atoms with Crippen molar-refractivity contribution in [3.05, 3.63) is 18.5 Å². The van der Waals surface area contributed by atoms with Crippen molar-refractivity contribution < 1.29 is 13.2 Å². The lowest BCUT2D eigenvalue weighted by molar-refractivity contribution is -0.0310. The van der Waals surface area contributed by atoms with Crippen LogP contribution in [0, 0.1) is 0 Å². The normalized spacial score (nSPS) is 24.8. The van der Waals surface area contributed by atoms with Gasteiger partial charge in [0.1, 0.15) is 0 Å². The van der Waals surface area contributed by atoms with Crippen LogP contribution in [-0.2, 0) is 14.8 Å². The lowest BCUT2D eigenvalue weighted by atomic mass is 9.88. The average Bonchev–Trinajstić information content (AvgIpc) is 2.91. The highest BCUT2D eigenvalue weighted by atomic mass is 32.2. The predicted molar refractivity (Wildman–Crippen MR) is 87.6 cm³/mol. The summed E-state index contributed by atoms with van der Waals surface area (Å²) in [5.74, 6) is 0.845. The van der Waals surface area contributed by atoms with Crippen LogP contribution in [0.5, 0.6) is 0 Å². The molecule has 0 aliphatic carbocycles. The second kappa shape index (κ2) is 6.70. The standard InChI is InChI=1S/C15H24N4O3S/c1-2-10-23(20,21)19-8-4-15(5-9-19)11-13(12-22-15)18-14-16-6-3-7-17-14/h3,6-7,13H,2,4-5,8-12H2,1H3,(H,16,17,18)/t13-/m1/s1. The van der Waals surface area contributed by atoms with Gasteiger partial charge in [-0.05, 0) is 31.7 Å². The third kappa shape index (κ3) is 3.81. The fourth-order valence-electron chi connectivity index (χ4n) is 3.40. The van der Waals surface area contributed by atoms with Gasteiger partial charge in [0.05, 0.1) is 24.0 Å². The number of rotatable bonds is 5. The summed E-state index contributed by atoms with van der Waals surface area (Å²) >= 11 is 0. The average molecular weight is 340 g/mol. The van der Waals surface area contributed by atoms with Gasteiger partial charge in [0.25, 0.3) is 0 Å². The summed E-state index contributed by atoms with van der Waals surface area (Å²) < 4.78 is 32.0. The molecule has 8 heteroatoms. The predicted octanol–water partition coefficient (Wildman–Crippen LogP) is 1.25. The molecular formula is C15H24N4O3S. The molecular weight excluding hydrogens is 316 g/mol. The highest BCUT2D eigenvalue weighted by molar-refractivity contribution is 7.89. The molecule has 0 saturated carbocycles. The van der Waals surface area contributed by atoms with Crippen LogP contribution >= 0.6 is 0 Å². The number of nitrogens with one attached hydrogen (secondary N) is 1. The van der Waals surface area contributed by atoms with Crippen molar-refractivity contribution in [1.82, 2.24) is 14.3 Å². The van der Waals surface area contributed by atoms with Gasteiger partial charge in [-0.3, -0.25) is 0 Å². The fourth-order valence-corrected chi connectivity index (χ4v) is 4.91. The smallest absolute Gasteiger partial charge is 0.222 e. The van der Waals surface area contributed by atoms with Gasteiger partial charge in [0.15, 0.2) is 0 Å². The molecule has 0 bridgehead atoms. The Bertz CT molecular complexity index is 615. The van der Waals surface area contributed by atoms with Crippen LogP contribution < -0.4 is 5.32 Å². The van der Waals surface area contributed by atoms with Gasteiger partial charge in [-0.2, -0.15) is 0 Å². The summed E-state index contributed by atoms with van der Waals surface area (Å²) in [7, 11) is -3.10. The van der Waals surface area contributed by atoms with Gasteiger partial charge in [-0.15, -0.1) is 0 Å². The maximum atomic E-state index is 12.2. The molecule has 2 saturated heterocycles. The van der Waals surface area contributed by atoms with Gasteiger partial charge in [-0.25, -0.2) is 22.7 Å². The molecule has 1 aromatic rings. The second-order valence-corrected chi connectivity index (χ2v) is 8.42. The van der Waals surface area contributed by atoms with E-state index in [1.165, 1.54) is 0 Å².